The molecule has 0 unspecified atom stereocenters. The van der Waals surface area contributed by atoms with Gasteiger partial charge in [-0.25, -0.2) is 9.78 Å². The predicted octanol–water partition coefficient (Wildman–Crippen LogP) is -0.512. The van der Waals surface area contributed by atoms with Gasteiger partial charge in [0.05, 0.1) is 24.2 Å². The normalized spacial score (nSPS) is 11.7. The number of hydrogen-bond donors (Lipinski definition) is 3. The van der Waals surface area contributed by atoms with E-state index >= 15 is 0 Å². The Labute approximate surface area is 155 Å². The first-order valence-corrected chi connectivity index (χ1v) is 8.80. The number of hydrogen-bond acceptors (Lipinski definition) is 7. The van der Waals surface area contributed by atoms with Crippen LogP contribution in [0.5, 0.6) is 0 Å². The van der Waals surface area contributed by atoms with E-state index in [2.05, 4.69) is 15.0 Å². The molecule has 3 rings (SSSR count). The fraction of sp³-hybridized carbons (Fsp3) is 0.444. The van der Waals surface area contributed by atoms with E-state index in [9.17, 15) is 19.8 Å². The van der Waals surface area contributed by atoms with Gasteiger partial charge < -0.3 is 14.8 Å². The molecule has 0 bridgehead atoms. The van der Waals surface area contributed by atoms with Crippen molar-refractivity contribution in [3.63, 3.8) is 0 Å². The summed E-state index contributed by atoms with van der Waals surface area (Å²) >= 11 is 0. The largest absolute Gasteiger partial charge is 0.395 e. The molecule has 0 atom stereocenters. The van der Waals surface area contributed by atoms with E-state index in [0.29, 0.717) is 31.7 Å². The quantitative estimate of drug-likeness (QED) is 0.476. The molecule has 2 aliphatic rings. The second-order valence-corrected chi connectivity index (χ2v) is 6.52. The Bertz CT molecular complexity index is 1040. The summed E-state index contributed by atoms with van der Waals surface area (Å²) in [5.41, 5.74) is 2.36. The van der Waals surface area contributed by atoms with Crippen molar-refractivity contribution in [1.29, 1.82) is 0 Å². The molecule has 3 N–H and O–H groups in total. The van der Waals surface area contributed by atoms with Crippen LogP contribution in [0.15, 0.2) is 21.7 Å². The third-order valence-electron chi connectivity index (χ3n) is 4.70. The number of nitrogens with one attached hydrogen (secondary N) is 1. The lowest BCUT2D eigenvalue weighted by Gasteiger charge is -2.23. The Morgan fingerprint density at radius 2 is 1.70 bits per heavy atom. The first kappa shape index (κ1) is 19.2. The van der Waals surface area contributed by atoms with Crippen LogP contribution in [0.4, 0.5) is 0 Å². The van der Waals surface area contributed by atoms with Crippen molar-refractivity contribution in [3.8, 4) is 11.5 Å². The number of aliphatic hydroxyl groups excluding tert-OH is 2. The van der Waals surface area contributed by atoms with Gasteiger partial charge in [0.1, 0.15) is 0 Å². The summed E-state index contributed by atoms with van der Waals surface area (Å²) < 4.78 is 1.81. The smallest absolute Gasteiger partial charge is 0.349 e. The van der Waals surface area contributed by atoms with E-state index in [-0.39, 0.29) is 24.7 Å². The van der Waals surface area contributed by atoms with Crippen LogP contribution in [-0.2, 0) is 6.54 Å². The zero-order valence-corrected chi connectivity index (χ0v) is 15.4. The number of nitrogens with zero attached hydrogens (tertiary/aromatic N) is 4. The summed E-state index contributed by atoms with van der Waals surface area (Å²) in [4.78, 5) is 36.5. The van der Waals surface area contributed by atoms with E-state index in [1.807, 2.05) is 35.4 Å². The van der Waals surface area contributed by atoms with Gasteiger partial charge in [0, 0.05) is 26.2 Å². The van der Waals surface area contributed by atoms with Crippen molar-refractivity contribution in [2.24, 2.45) is 0 Å². The number of rotatable bonds is 7. The topological polar surface area (TPSA) is 124 Å². The van der Waals surface area contributed by atoms with E-state index in [4.69, 9.17) is 0 Å². The maximum absolute atomic E-state index is 12.2. The van der Waals surface area contributed by atoms with Gasteiger partial charge in [-0.05, 0) is 37.1 Å². The zero-order valence-electron chi connectivity index (χ0n) is 15.4. The molecule has 2 aliphatic heterocycles. The molecule has 0 fully saturated rings. The highest BCUT2D eigenvalue weighted by molar-refractivity contribution is 5.81. The first-order valence-electron chi connectivity index (χ1n) is 8.80. The summed E-state index contributed by atoms with van der Waals surface area (Å²) in [5, 5.41) is 18.4. The molecule has 0 spiro atoms. The predicted molar refractivity (Wildman–Crippen MR) is 101 cm³/mol. The molecule has 0 amide bonds. The minimum atomic E-state index is -0.714. The fourth-order valence-corrected chi connectivity index (χ4v) is 3.14. The monoisotopic (exact) mass is 373 g/mol. The lowest BCUT2D eigenvalue weighted by molar-refractivity contribution is 0.158. The molecule has 0 radical (unpaired) electrons. The molecule has 0 saturated carbocycles. The Balaban J connectivity index is 2.18. The highest BCUT2D eigenvalue weighted by Gasteiger charge is 2.19. The zero-order chi connectivity index (χ0) is 19.6. The number of aliphatic hydroxyl groups is 2. The molecule has 9 nitrogen and oxygen atoms in total. The lowest BCUT2D eigenvalue weighted by Crippen LogP contribution is -2.34. The summed E-state index contributed by atoms with van der Waals surface area (Å²) in [6.07, 6.45) is 0. The first-order chi connectivity index (χ1) is 12.9. The van der Waals surface area contributed by atoms with E-state index in [1.54, 1.807) is 0 Å². The van der Waals surface area contributed by atoms with Crippen molar-refractivity contribution in [3.05, 3.63) is 44.1 Å². The summed E-state index contributed by atoms with van der Waals surface area (Å²) in [6, 6.07) is 3.87. The van der Waals surface area contributed by atoms with Crippen molar-refractivity contribution in [2.45, 2.75) is 20.4 Å². The van der Waals surface area contributed by atoms with Gasteiger partial charge >= 0.3 is 5.69 Å². The standard InChI is InChI=1S/C18H23N5O4/c1-11-9-13-14(10-12(11)2)23(4-3-22(5-7-24)6-8-25)16-15(19-13)17(26)21-18(27)20-16/h9-10,24-25H,3-8H2,1-2H3,(H,21,26,27). The van der Waals surface area contributed by atoms with Crippen LogP contribution in [0, 0.1) is 13.8 Å². The average Bonchev–Trinajstić information content (AvgIpc) is 2.61. The van der Waals surface area contributed by atoms with Crippen molar-refractivity contribution in [1.82, 2.24) is 24.4 Å². The molecule has 1 aromatic rings. The van der Waals surface area contributed by atoms with Gasteiger partial charge in [0.25, 0.3) is 5.56 Å². The number of H-pyrrole nitrogens is 1. The molecule has 1 aromatic carbocycles. The molecule has 27 heavy (non-hydrogen) atoms. The third kappa shape index (κ3) is 3.90. The number of fused-ring (bicyclic) bond motifs is 2. The number of aryl methyl sites for hydroxylation is 2. The number of benzene rings is 1. The Kier molecular flexibility index (Phi) is 5.64. The van der Waals surface area contributed by atoms with Crippen LogP contribution in [-0.4, -0.2) is 67.5 Å². The molecular weight excluding hydrogens is 350 g/mol. The summed E-state index contributed by atoms with van der Waals surface area (Å²) in [6.45, 7) is 5.67. The highest BCUT2D eigenvalue weighted by Crippen LogP contribution is 2.23. The van der Waals surface area contributed by atoms with Crippen LogP contribution in [0.1, 0.15) is 11.1 Å². The van der Waals surface area contributed by atoms with Crippen LogP contribution >= 0.6 is 0 Å². The molecule has 2 heterocycles. The highest BCUT2D eigenvalue weighted by atomic mass is 16.3. The van der Waals surface area contributed by atoms with Crippen LogP contribution < -0.4 is 11.2 Å². The average molecular weight is 373 g/mol. The van der Waals surface area contributed by atoms with E-state index < -0.39 is 11.2 Å². The van der Waals surface area contributed by atoms with Crippen molar-refractivity contribution < 1.29 is 10.2 Å². The van der Waals surface area contributed by atoms with Gasteiger partial charge in [-0.15, -0.1) is 0 Å². The molecule has 0 aromatic heterocycles. The van der Waals surface area contributed by atoms with Crippen LogP contribution in [0.2, 0.25) is 0 Å². The molecule has 0 aliphatic carbocycles. The molecule has 9 heteroatoms. The maximum Gasteiger partial charge on any atom is 0.349 e. The van der Waals surface area contributed by atoms with E-state index in [0.717, 1.165) is 16.6 Å². The Morgan fingerprint density at radius 3 is 2.37 bits per heavy atom. The molecular formula is C18H23N5O4. The van der Waals surface area contributed by atoms with Gasteiger partial charge in [0.15, 0.2) is 11.5 Å². The lowest BCUT2D eigenvalue weighted by atomic mass is 10.1. The second kappa shape index (κ2) is 7.95. The van der Waals surface area contributed by atoms with Crippen LogP contribution in [0.25, 0.3) is 22.6 Å². The van der Waals surface area contributed by atoms with Crippen molar-refractivity contribution >= 4 is 11.0 Å². The summed E-state index contributed by atoms with van der Waals surface area (Å²) in [7, 11) is 0. The number of aromatic amines is 1. The van der Waals surface area contributed by atoms with Gasteiger partial charge in [0.2, 0.25) is 0 Å². The van der Waals surface area contributed by atoms with E-state index in [1.165, 1.54) is 0 Å². The Morgan fingerprint density at radius 1 is 1.04 bits per heavy atom. The van der Waals surface area contributed by atoms with Gasteiger partial charge in [-0.3, -0.25) is 14.7 Å². The van der Waals surface area contributed by atoms with Crippen molar-refractivity contribution in [2.75, 3.05) is 32.8 Å². The Hall–Kier alpha value is -2.62. The van der Waals surface area contributed by atoms with Gasteiger partial charge in [-0.1, -0.05) is 0 Å². The maximum atomic E-state index is 12.2. The fourth-order valence-electron chi connectivity index (χ4n) is 3.14. The molecule has 144 valence electrons. The van der Waals surface area contributed by atoms with Gasteiger partial charge in [-0.2, -0.15) is 4.98 Å². The minimum Gasteiger partial charge on any atom is -0.395 e. The second-order valence-electron chi connectivity index (χ2n) is 6.52. The third-order valence-corrected chi connectivity index (χ3v) is 4.70. The summed E-state index contributed by atoms with van der Waals surface area (Å²) in [5.74, 6) is 0.229. The SMILES string of the molecule is Cc1cc2nc3c(=O)[nH]c(=O)nc-3n(CCN(CCO)CCO)c2cc1C. The number of aromatic nitrogens is 4. The van der Waals surface area contributed by atoms with Crippen LogP contribution in [0.3, 0.4) is 0 Å². The minimum absolute atomic E-state index is 0.0244. The molecule has 0 saturated heterocycles.